The number of hydrogen-bond acceptors (Lipinski definition) is 5. The summed E-state index contributed by atoms with van der Waals surface area (Å²) in [5.74, 6) is -0.464. The summed E-state index contributed by atoms with van der Waals surface area (Å²) < 4.78 is 1.53. The Morgan fingerprint density at radius 2 is 2.05 bits per heavy atom. The van der Waals surface area contributed by atoms with E-state index in [-0.39, 0.29) is 6.42 Å². The largest absolute Gasteiger partial charge is 0.481 e. The summed E-state index contributed by atoms with van der Waals surface area (Å²) in [6.07, 6.45) is -0.0331. The molecule has 0 aliphatic carbocycles. The molecule has 0 aliphatic rings. The lowest BCUT2D eigenvalue weighted by Gasteiger charge is -2.24. The minimum absolute atomic E-state index is 0.0331. The van der Waals surface area contributed by atoms with E-state index in [9.17, 15) is 4.79 Å². The van der Waals surface area contributed by atoms with Gasteiger partial charge >= 0.3 is 5.97 Å². The highest BCUT2D eigenvalue weighted by Crippen LogP contribution is 2.18. The summed E-state index contributed by atoms with van der Waals surface area (Å²) in [5, 5.41) is 23.3. The van der Waals surface area contributed by atoms with Gasteiger partial charge in [-0.1, -0.05) is 23.3 Å². The van der Waals surface area contributed by atoms with Crippen molar-refractivity contribution in [3.8, 4) is 5.69 Å². The first-order chi connectivity index (χ1) is 8.98. The lowest BCUT2D eigenvalue weighted by atomic mass is 10.0. The number of anilines is 1. The maximum Gasteiger partial charge on any atom is 0.305 e. The van der Waals surface area contributed by atoms with Gasteiger partial charge in [-0.25, -0.2) is 0 Å². The molecule has 0 spiro atoms. The summed E-state index contributed by atoms with van der Waals surface area (Å²) in [7, 11) is 0. The van der Waals surface area contributed by atoms with Crippen molar-refractivity contribution in [1.29, 1.82) is 0 Å². The number of benzene rings is 1. The molecule has 0 unspecified atom stereocenters. The number of carboxylic acid groups (broad SMARTS) is 1. The third-order valence-electron chi connectivity index (χ3n) is 2.51. The minimum Gasteiger partial charge on any atom is -0.481 e. The zero-order valence-electron chi connectivity index (χ0n) is 10.7. The number of carboxylic acids is 1. The zero-order valence-corrected chi connectivity index (χ0v) is 10.7. The Morgan fingerprint density at radius 1 is 1.37 bits per heavy atom. The Hall–Kier alpha value is -2.44. The van der Waals surface area contributed by atoms with Crippen LogP contribution in [0.15, 0.2) is 30.3 Å². The second-order valence-corrected chi connectivity index (χ2v) is 4.83. The molecule has 2 N–H and O–H groups in total. The van der Waals surface area contributed by atoms with Gasteiger partial charge in [-0.15, -0.1) is 0 Å². The van der Waals surface area contributed by atoms with Gasteiger partial charge in [-0.05, 0) is 36.4 Å². The number of aromatic nitrogens is 4. The molecule has 2 aromatic rings. The SMILES string of the molecule is CC(C)(CC(=O)O)Nc1nnnn1-c1ccccc1. The lowest BCUT2D eigenvalue weighted by molar-refractivity contribution is -0.137. The summed E-state index contributed by atoms with van der Waals surface area (Å²) in [5.41, 5.74) is 0.161. The third-order valence-corrected chi connectivity index (χ3v) is 2.51. The summed E-state index contributed by atoms with van der Waals surface area (Å²) in [4.78, 5) is 10.8. The molecule has 0 aliphatic heterocycles. The molecule has 1 aromatic carbocycles. The topological polar surface area (TPSA) is 92.9 Å². The smallest absolute Gasteiger partial charge is 0.305 e. The van der Waals surface area contributed by atoms with Gasteiger partial charge in [0, 0.05) is 5.54 Å². The molecule has 2 rings (SSSR count). The number of rotatable bonds is 5. The zero-order chi connectivity index (χ0) is 13.9. The molecule has 1 aromatic heterocycles. The maximum absolute atomic E-state index is 10.8. The molecular formula is C12H15N5O2. The second-order valence-electron chi connectivity index (χ2n) is 4.83. The molecule has 0 saturated heterocycles. The minimum atomic E-state index is -0.878. The van der Waals surface area contributed by atoms with Gasteiger partial charge in [-0.2, -0.15) is 4.68 Å². The van der Waals surface area contributed by atoms with Crippen LogP contribution in [0.3, 0.4) is 0 Å². The first-order valence-electron chi connectivity index (χ1n) is 5.82. The summed E-state index contributed by atoms with van der Waals surface area (Å²) in [6.45, 7) is 3.57. The summed E-state index contributed by atoms with van der Waals surface area (Å²) >= 11 is 0. The molecule has 1 heterocycles. The first kappa shape index (κ1) is 13.0. The van der Waals surface area contributed by atoms with E-state index < -0.39 is 11.5 Å². The van der Waals surface area contributed by atoms with E-state index in [2.05, 4.69) is 20.8 Å². The number of carbonyl (C=O) groups is 1. The van der Waals surface area contributed by atoms with Gasteiger partial charge in [0.1, 0.15) is 0 Å². The Kier molecular flexibility index (Phi) is 3.46. The molecule has 0 amide bonds. The fraction of sp³-hybridized carbons (Fsp3) is 0.333. The maximum atomic E-state index is 10.8. The Bertz CT molecular complexity index is 565. The predicted molar refractivity (Wildman–Crippen MR) is 69.1 cm³/mol. The van der Waals surface area contributed by atoms with Gasteiger partial charge in [0.25, 0.3) is 0 Å². The number of nitrogens with zero attached hydrogens (tertiary/aromatic N) is 4. The fourth-order valence-electron chi connectivity index (χ4n) is 1.73. The van der Waals surface area contributed by atoms with E-state index in [0.29, 0.717) is 5.95 Å². The Balaban J connectivity index is 2.24. The number of para-hydroxylation sites is 1. The molecule has 19 heavy (non-hydrogen) atoms. The molecule has 0 atom stereocenters. The van der Waals surface area contributed by atoms with Crippen molar-refractivity contribution in [1.82, 2.24) is 20.2 Å². The molecule has 0 radical (unpaired) electrons. The van der Waals surface area contributed by atoms with Crippen molar-refractivity contribution < 1.29 is 9.90 Å². The van der Waals surface area contributed by atoms with Gasteiger partial charge < -0.3 is 10.4 Å². The van der Waals surface area contributed by atoms with Crippen LogP contribution in [0.25, 0.3) is 5.69 Å². The molecule has 7 nitrogen and oxygen atoms in total. The van der Waals surface area contributed by atoms with Crippen LogP contribution in [0.5, 0.6) is 0 Å². The molecule has 0 saturated carbocycles. The van der Waals surface area contributed by atoms with E-state index in [1.807, 2.05) is 30.3 Å². The van der Waals surface area contributed by atoms with Crippen LogP contribution in [-0.4, -0.2) is 36.8 Å². The molecule has 7 heteroatoms. The molecule has 0 fully saturated rings. The summed E-state index contributed by atoms with van der Waals surface area (Å²) in [6, 6.07) is 9.39. The van der Waals surface area contributed by atoms with Crippen molar-refractivity contribution in [3.63, 3.8) is 0 Å². The first-order valence-corrected chi connectivity index (χ1v) is 5.82. The van der Waals surface area contributed by atoms with E-state index in [4.69, 9.17) is 5.11 Å². The van der Waals surface area contributed by atoms with Gasteiger partial charge in [0.05, 0.1) is 12.1 Å². The highest BCUT2D eigenvalue weighted by Gasteiger charge is 2.24. The van der Waals surface area contributed by atoms with Crippen LogP contribution in [0.2, 0.25) is 0 Å². The number of tetrazole rings is 1. The van der Waals surface area contributed by atoms with Crippen LogP contribution >= 0.6 is 0 Å². The van der Waals surface area contributed by atoms with Crippen molar-refractivity contribution >= 4 is 11.9 Å². The van der Waals surface area contributed by atoms with Crippen LogP contribution in [0, 0.1) is 0 Å². The van der Waals surface area contributed by atoms with E-state index in [0.717, 1.165) is 5.69 Å². The average molecular weight is 261 g/mol. The average Bonchev–Trinajstić information content (AvgIpc) is 2.75. The van der Waals surface area contributed by atoms with Crippen molar-refractivity contribution in [2.24, 2.45) is 0 Å². The predicted octanol–water partition coefficient (Wildman–Crippen LogP) is 1.33. The standard InChI is InChI=1S/C12H15N5O2/c1-12(2,8-10(18)19)13-11-14-15-16-17(11)9-6-4-3-5-7-9/h3-7H,8H2,1-2H3,(H,18,19)(H,13,14,16). The van der Waals surface area contributed by atoms with Crippen LogP contribution in [0.1, 0.15) is 20.3 Å². The van der Waals surface area contributed by atoms with Gasteiger partial charge in [0.15, 0.2) is 0 Å². The number of nitrogens with one attached hydrogen (secondary N) is 1. The van der Waals surface area contributed by atoms with Crippen LogP contribution in [-0.2, 0) is 4.79 Å². The second kappa shape index (κ2) is 5.05. The quantitative estimate of drug-likeness (QED) is 0.843. The third kappa shape index (κ3) is 3.27. The molecular weight excluding hydrogens is 246 g/mol. The Morgan fingerprint density at radius 3 is 2.68 bits per heavy atom. The van der Waals surface area contributed by atoms with E-state index in [1.54, 1.807) is 13.8 Å². The van der Waals surface area contributed by atoms with Crippen molar-refractivity contribution in [2.75, 3.05) is 5.32 Å². The van der Waals surface area contributed by atoms with E-state index >= 15 is 0 Å². The highest BCUT2D eigenvalue weighted by molar-refractivity contribution is 5.69. The highest BCUT2D eigenvalue weighted by atomic mass is 16.4. The number of hydrogen-bond donors (Lipinski definition) is 2. The van der Waals surface area contributed by atoms with Crippen molar-refractivity contribution in [2.45, 2.75) is 25.8 Å². The molecule has 100 valence electrons. The Labute approximate surface area is 110 Å². The van der Waals surface area contributed by atoms with E-state index in [1.165, 1.54) is 4.68 Å². The molecule has 0 bridgehead atoms. The van der Waals surface area contributed by atoms with Crippen molar-refractivity contribution in [3.05, 3.63) is 30.3 Å². The number of aliphatic carboxylic acids is 1. The van der Waals surface area contributed by atoms with Gasteiger partial charge in [0.2, 0.25) is 5.95 Å². The lowest BCUT2D eigenvalue weighted by Crippen LogP contribution is -2.34. The normalized spacial score (nSPS) is 11.3. The van der Waals surface area contributed by atoms with Gasteiger partial charge in [-0.3, -0.25) is 4.79 Å². The van der Waals surface area contributed by atoms with Crippen LogP contribution in [0.4, 0.5) is 5.95 Å². The fourth-order valence-corrected chi connectivity index (χ4v) is 1.73. The van der Waals surface area contributed by atoms with Crippen LogP contribution < -0.4 is 5.32 Å². The monoisotopic (exact) mass is 261 g/mol.